The van der Waals surface area contributed by atoms with Gasteiger partial charge in [0.25, 0.3) is 0 Å². The van der Waals surface area contributed by atoms with Crippen molar-refractivity contribution in [1.29, 1.82) is 0 Å². The smallest absolute Gasteiger partial charge is 1.00 e. The number of rotatable bonds is 0. The van der Waals surface area contributed by atoms with E-state index in [0.29, 0.717) is 12.4 Å². The van der Waals surface area contributed by atoms with Gasteiger partial charge in [0, 0.05) is 0 Å². The number of hydrogen-bond donors (Lipinski definition) is 0. The second-order valence-electron chi connectivity index (χ2n) is 4.16. The average molecular weight is 298 g/mol. The fourth-order valence-electron chi connectivity index (χ4n) is 1.55. The summed E-state index contributed by atoms with van der Waals surface area (Å²) in [5.41, 5.74) is 0.328. The molecule has 0 N–H and O–H groups in total. The number of halogens is 2. The van der Waals surface area contributed by atoms with Gasteiger partial charge in [-0.25, -0.2) is 0 Å². The molecule has 73 valence electrons. The van der Waals surface area contributed by atoms with Gasteiger partial charge < -0.3 is 24.8 Å². The van der Waals surface area contributed by atoms with Crippen LogP contribution in [-0.2, 0) is 24.7 Å². The summed E-state index contributed by atoms with van der Waals surface area (Å²) in [5, 5.41) is 0. The second kappa shape index (κ2) is 5.95. The van der Waals surface area contributed by atoms with E-state index in [0.717, 1.165) is 6.54 Å². The quantitative estimate of drug-likeness (QED) is 0.409. The molecule has 0 aromatic heterocycles. The van der Waals surface area contributed by atoms with Gasteiger partial charge >= 0.3 is 85.3 Å². The first kappa shape index (κ1) is 16.7. The van der Waals surface area contributed by atoms with Crippen molar-refractivity contribution in [3.63, 3.8) is 0 Å². The summed E-state index contributed by atoms with van der Waals surface area (Å²) in [7, 11) is 0. The Labute approximate surface area is 109 Å². The van der Waals surface area contributed by atoms with Crippen molar-refractivity contribution in [3.8, 4) is 0 Å². The molecule has 0 radical (unpaired) electrons. The molecule has 0 fully saturated rings. The molecule has 0 saturated heterocycles. The SMILES string of the molecule is CB1[C]([Zr+2])=CCN1C(C)(C)C.[Cl-].[Cl-]. The largest absolute Gasteiger partial charge is 1.00 e. The van der Waals surface area contributed by atoms with E-state index in [1.165, 1.54) is 0 Å². The van der Waals surface area contributed by atoms with Crippen LogP contribution < -0.4 is 24.8 Å². The zero-order valence-corrected chi connectivity index (χ0v) is 12.5. The third-order valence-electron chi connectivity index (χ3n) is 2.29. The van der Waals surface area contributed by atoms with Crippen molar-refractivity contribution in [2.24, 2.45) is 0 Å². The van der Waals surface area contributed by atoms with Crippen LogP contribution in [0.15, 0.2) is 9.26 Å². The van der Waals surface area contributed by atoms with Crippen LogP contribution in [0.3, 0.4) is 0 Å². The molecule has 0 aromatic carbocycles. The molecule has 0 aliphatic carbocycles. The molecule has 5 heteroatoms. The third kappa shape index (κ3) is 4.08. The Morgan fingerprint density at radius 2 is 1.85 bits per heavy atom. The van der Waals surface area contributed by atoms with Crippen molar-refractivity contribution in [2.45, 2.75) is 33.1 Å². The Bertz CT molecular complexity index is 191. The average Bonchev–Trinajstić information content (AvgIpc) is 2.11. The third-order valence-corrected chi connectivity index (χ3v) is 3.82. The first-order valence-electron chi connectivity index (χ1n) is 4.11. The summed E-state index contributed by atoms with van der Waals surface area (Å²) >= 11 is 1.58. The minimum atomic E-state index is 0. The molecule has 0 unspecified atom stereocenters. The Morgan fingerprint density at radius 1 is 1.38 bits per heavy atom. The van der Waals surface area contributed by atoms with Gasteiger partial charge in [0.2, 0.25) is 0 Å². The van der Waals surface area contributed by atoms with Crippen molar-refractivity contribution >= 4 is 6.85 Å². The topological polar surface area (TPSA) is 3.24 Å². The Kier molecular flexibility index (Phi) is 7.62. The molecule has 0 spiro atoms. The van der Waals surface area contributed by atoms with Crippen LogP contribution in [-0.4, -0.2) is 23.7 Å². The fraction of sp³-hybridized carbons (Fsp3) is 0.750. The maximum Gasteiger partial charge on any atom is -1.00 e. The van der Waals surface area contributed by atoms with E-state index < -0.39 is 0 Å². The summed E-state index contributed by atoms with van der Waals surface area (Å²) in [6.07, 6.45) is 2.37. The molecule has 0 aromatic rings. The molecule has 13 heavy (non-hydrogen) atoms. The van der Waals surface area contributed by atoms with E-state index in [1.807, 2.05) is 0 Å². The zero-order chi connectivity index (χ0) is 8.65. The van der Waals surface area contributed by atoms with E-state index in [-0.39, 0.29) is 24.8 Å². The van der Waals surface area contributed by atoms with Crippen molar-refractivity contribution < 1.29 is 49.5 Å². The summed E-state index contributed by atoms with van der Waals surface area (Å²) in [6, 6.07) is 0. The van der Waals surface area contributed by atoms with Gasteiger partial charge in [0.15, 0.2) is 0 Å². The molecule has 1 rings (SSSR count). The number of hydrogen-bond acceptors (Lipinski definition) is 1. The van der Waals surface area contributed by atoms with Gasteiger partial charge in [-0.2, -0.15) is 0 Å². The van der Waals surface area contributed by atoms with Crippen molar-refractivity contribution in [3.05, 3.63) is 9.26 Å². The van der Waals surface area contributed by atoms with Gasteiger partial charge in [-0.3, -0.25) is 0 Å². The van der Waals surface area contributed by atoms with Crippen LogP contribution in [0.4, 0.5) is 0 Å². The normalized spacial score (nSPS) is 17.7. The van der Waals surface area contributed by atoms with Gasteiger partial charge in [-0.05, 0) is 0 Å². The van der Waals surface area contributed by atoms with Gasteiger partial charge in [0.05, 0.1) is 0 Å². The van der Waals surface area contributed by atoms with E-state index in [4.69, 9.17) is 0 Å². The molecule has 0 saturated carbocycles. The molecule has 1 aliphatic heterocycles. The molecule has 1 aliphatic rings. The Morgan fingerprint density at radius 3 is 2.00 bits per heavy atom. The van der Waals surface area contributed by atoms with Crippen LogP contribution in [0, 0.1) is 0 Å². The number of nitrogens with zero attached hydrogens (tertiary/aromatic N) is 1. The first-order valence-corrected chi connectivity index (χ1v) is 5.34. The van der Waals surface area contributed by atoms with Gasteiger partial charge in [-0.1, -0.05) is 0 Å². The molecule has 0 amide bonds. The van der Waals surface area contributed by atoms with E-state index in [9.17, 15) is 0 Å². The Balaban J connectivity index is 0. The van der Waals surface area contributed by atoms with Crippen molar-refractivity contribution in [1.82, 2.24) is 4.81 Å². The van der Waals surface area contributed by atoms with Crippen LogP contribution in [0.25, 0.3) is 0 Å². The monoisotopic (exact) mass is 296 g/mol. The summed E-state index contributed by atoms with van der Waals surface area (Å²) < 4.78 is 1.60. The molecule has 1 nitrogen and oxygen atoms in total. The standard InChI is InChI=1S/C8H15BN.2ClH.Zr/c1-8(2,3)10-7-5-6-9(10)4;;;/h5H,7H2,1-4H3;2*1H;/q;;;+2/p-2. The molecular formula is C8H15BCl2NZr. The maximum atomic E-state index is 2.54. The van der Waals surface area contributed by atoms with Crippen LogP contribution >= 0.6 is 0 Å². The second-order valence-corrected chi connectivity index (χ2v) is 5.58. The first-order chi connectivity index (χ1) is 4.93. The fourth-order valence-corrected chi connectivity index (χ4v) is 2.16. The molecular weight excluding hydrogens is 283 g/mol. The Hall–Kier alpha value is 1.23. The van der Waals surface area contributed by atoms with Crippen molar-refractivity contribution in [2.75, 3.05) is 6.54 Å². The zero-order valence-electron chi connectivity index (χ0n) is 8.56. The molecule has 0 bridgehead atoms. The molecule has 0 atom stereocenters. The predicted octanol–water partition coefficient (Wildman–Crippen LogP) is -4.30. The van der Waals surface area contributed by atoms with E-state index in [2.05, 4.69) is 38.5 Å². The van der Waals surface area contributed by atoms with Gasteiger partial charge in [-0.15, -0.1) is 0 Å². The van der Waals surface area contributed by atoms with Gasteiger partial charge in [0.1, 0.15) is 0 Å². The summed E-state index contributed by atoms with van der Waals surface area (Å²) in [6.45, 7) is 11.0. The summed E-state index contributed by atoms with van der Waals surface area (Å²) in [5.74, 6) is 0. The van der Waals surface area contributed by atoms with E-state index in [1.54, 1.807) is 27.9 Å². The summed E-state index contributed by atoms with van der Waals surface area (Å²) in [4.78, 5) is 2.54. The minimum absolute atomic E-state index is 0. The molecule has 1 heterocycles. The van der Waals surface area contributed by atoms with E-state index >= 15 is 0 Å². The maximum absolute atomic E-state index is 2.54. The van der Waals surface area contributed by atoms with Crippen LogP contribution in [0.1, 0.15) is 20.8 Å². The minimum Gasteiger partial charge on any atom is -1.00 e. The predicted molar refractivity (Wildman–Crippen MR) is 46.2 cm³/mol. The van der Waals surface area contributed by atoms with Crippen LogP contribution in [0.5, 0.6) is 0 Å². The van der Waals surface area contributed by atoms with Crippen LogP contribution in [0.2, 0.25) is 6.82 Å².